The Morgan fingerprint density at radius 3 is 2.57 bits per heavy atom. The van der Waals surface area contributed by atoms with Crippen LogP contribution in [-0.4, -0.2) is 29.1 Å². The third-order valence-corrected chi connectivity index (χ3v) is 4.11. The van der Waals surface area contributed by atoms with Crippen LogP contribution < -0.4 is 0 Å². The Morgan fingerprint density at radius 1 is 1.10 bits per heavy atom. The molecule has 1 unspecified atom stereocenters. The van der Waals surface area contributed by atoms with E-state index in [0.29, 0.717) is 6.54 Å². The van der Waals surface area contributed by atoms with E-state index in [1.807, 2.05) is 18.2 Å². The standard InChI is InChI=1S/C18H19NO2/c20-17(21)11-13-19-12-10-14-6-4-5-9-16(14)18(19)15-7-2-1-3-8-15/h1-9,18H,10-13H2,(H,20,21). The van der Waals surface area contributed by atoms with Crippen LogP contribution in [0.2, 0.25) is 0 Å². The van der Waals surface area contributed by atoms with Crippen LogP contribution in [0.25, 0.3) is 0 Å². The molecule has 0 amide bonds. The number of hydrogen-bond acceptors (Lipinski definition) is 2. The van der Waals surface area contributed by atoms with Crippen LogP contribution >= 0.6 is 0 Å². The summed E-state index contributed by atoms with van der Waals surface area (Å²) in [5, 5.41) is 8.97. The molecule has 0 radical (unpaired) electrons. The van der Waals surface area contributed by atoms with Gasteiger partial charge in [0.15, 0.2) is 0 Å². The lowest BCUT2D eigenvalue weighted by Gasteiger charge is -2.37. The first-order chi connectivity index (χ1) is 10.3. The normalized spacial score (nSPS) is 18.2. The SMILES string of the molecule is O=C(O)CCN1CCc2ccccc2C1c1ccccc1. The van der Waals surface area contributed by atoms with E-state index in [-0.39, 0.29) is 12.5 Å². The van der Waals surface area contributed by atoms with Crippen molar-refractivity contribution in [3.05, 3.63) is 71.3 Å². The van der Waals surface area contributed by atoms with E-state index in [1.54, 1.807) is 0 Å². The molecule has 1 N–H and O–H groups in total. The molecule has 0 aromatic heterocycles. The summed E-state index contributed by atoms with van der Waals surface area (Å²) in [5.74, 6) is -0.735. The maximum absolute atomic E-state index is 10.9. The van der Waals surface area contributed by atoms with Crippen molar-refractivity contribution >= 4 is 5.97 Å². The first-order valence-electron chi connectivity index (χ1n) is 7.34. The fourth-order valence-corrected chi connectivity index (χ4v) is 3.12. The van der Waals surface area contributed by atoms with Crippen molar-refractivity contribution in [2.75, 3.05) is 13.1 Å². The van der Waals surface area contributed by atoms with E-state index >= 15 is 0 Å². The number of nitrogens with zero attached hydrogens (tertiary/aromatic N) is 1. The summed E-state index contributed by atoms with van der Waals surface area (Å²) in [6.07, 6.45) is 1.17. The molecule has 1 aliphatic rings. The zero-order valence-corrected chi connectivity index (χ0v) is 11.9. The number of benzene rings is 2. The van der Waals surface area contributed by atoms with Gasteiger partial charge in [0.1, 0.15) is 0 Å². The van der Waals surface area contributed by atoms with Crippen LogP contribution in [0.1, 0.15) is 29.2 Å². The molecule has 0 saturated heterocycles. The third kappa shape index (κ3) is 2.98. The Hall–Kier alpha value is -2.13. The summed E-state index contributed by atoms with van der Waals surface area (Å²) in [6.45, 7) is 1.49. The van der Waals surface area contributed by atoms with Crippen LogP contribution in [0.4, 0.5) is 0 Å². The lowest BCUT2D eigenvalue weighted by atomic mass is 9.88. The third-order valence-electron chi connectivity index (χ3n) is 4.11. The predicted molar refractivity (Wildman–Crippen MR) is 82.3 cm³/mol. The molecule has 0 aliphatic carbocycles. The fraction of sp³-hybridized carbons (Fsp3) is 0.278. The molecule has 0 spiro atoms. The Balaban J connectivity index is 1.97. The average molecular weight is 281 g/mol. The highest BCUT2D eigenvalue weighted by atomic mass is 16.4. The fourth-order valence-electron chi connectivity index (χ4n) is 3.12. The van der Waals surface area contributed by atoms with E-state index in [4.69, 9.17) is 5.11 Å². The molecule has 1 aliphatic heterocycles. The number of aliphatic carboxylic acids is 1. The van der Waals surface area contributed by atoms with Gasteiger partial charge in [0.25, 0.3) is 0 Å². The van der Waals surface area contributed by atoms with Gasteiger partial charge in [0.2, 0.25) is 0 Å². The number of rotatable bonds is 4. The van der Waals surface area contributed by atoms with E-state index in [9.17, 15) is 4.79 Å². The van der Waals surface area contributed by atoms with Gasteiger partial charge in [0, 0.05) is 13.1 Å². The van der Waals surface area contributed by atoms with Gasteiger partial charge in [-0.05, 0) is 23.1 Å². The highest BCUT2D eigenvalue weighted by Gasteiger charge is 2.28. The topological polar surface area (TPSA) is 40.5 Å². The van der Waals surface area contributed by atoms with Crippen molar-refractivity contribution in [3.8, 4) is 0 Å². The molecule has 108 valence electrons. The Bertz CT molecular complexity index is 624. The molecule has 1 atom stereocenters. The van der Waals surface area contributed by atoms with Crippen LogP contribution in [0, 0.1) is 0 Å². The Labute approximate surface area is 124 Å². The maximum atomic E-state index is 10.9. The number of carboxylic acids is 1. The number of carbonyl (C=O) groups is 1. The number of hydrogen-bond donors (Lipinski definition) is 1. The second-order valence-corrected chi connectivity index (χ2v) is 5.44. The number of fused-ring (bicyclic) bond motifs is 1. The molecule has 3 rings (SSSR count). The highest BCUT2D eigenvalue weighted by Crippen LogP contribution is 2.34. The second kappa shape index (κ2) is 6.10. The van der Waals surface area contributed by atoms with E-state index < -0.39 is 5.97 Å². The van der Waals surface area contributed by atoms with Gasteiger partial charge < -0.3 is 5.11 Å². The van der Waals surface area contributed by atoms with Crippen molar-refractivity contribution in [2.24, 2.45) is 0 Å². The highest BCUT2D eigenvalue weighted by molar-refractivity contribution is 5.66. The zero-order chi connectivity index (χ0) is 14.7. The van der Waals surface area contributed by atoms with Gasteiger partial charge in [-0.1, -0.05) is 54.6 Å². The summed E-state index contributed by atoms with van der Waals surface area (Å²) in [6, 6.07) is 19.0. The molecule has 3 nitrogen and oxygen atoms in total. The molecular weight excluding hydrogens is 262 g/mol. The van der Waals surface area contributed by atoms with Gasteiger partial charge in [-0.2, -0.15) is 0 Å². The molecule has 2 aromatic carbocycles. The van der Waals surface area contributed by atoms with Gasteiger partial charge in [-0.3, -0.25) is 9.69 Å². The van der Waals surface area contributed by atoms with E-state index in [2.05, 4.69) is 41.3 Å². The second-order valence-electron chi connectivity index (χ2n) is 5.44. The first-order valence-corrected chi connectivity index (χ1v) is 7.34. The molecule has 0 fully saturated rings. The molecular formula is C18H19NO2. The summed E-state index contributed by atoms with van der Waals surface area (Å²) in [5.41, 5.74) is 3.91. The van der Waals surface area contributed by atoms with Gasteiger partial charge in [-0.25, -0.2) is 0 Å². The Morgan fingerprint density at radius 2 is 1.81 bits per heavy atom. The molecule has 0 bridgehead atoms. The van der Waals surface area contributed by atoms with Gasteiger partial charge in [0.05, 0.1) is 12.5 Å². The van der Waals surface area contributed by atoms with Crippen molar-refractivity contribution in [2.45, 2.75) is 18.9 Å². The van der Waals surface area contributed by atoms with Crippen molar-refractivity contribution < 1.29 is 9.90 Å². The minimum atomic E-state index is -0.735. The summed E-state index contributed by atoms with van der Waals surface area (Å²) in [7, 11) is 0. The quantitative estimate of drug-likeness (QED) is 0.936. The Kier molecular flexibility index (Phi) is 4.02. The smallest absolute Gasteiger partial charge is 0.304 e. The van der Waals surface area contributed by atoms with Gasteiger partial charge >= 0.3 is 5.97 Å². The lowest BCUT2D eigenvalue weighted by molar-refractivity contribution is -0.137. The minimum Gasteiger partial charge on any atom is -0.481 e. The van der Waals surface area contributed by atoms with Crippen LogP contribution in [0.5, 0.6) is 0 Å². The first kappa shape index (κ1) is 13.8. The van der Waals surface area contributed by atoms with Crippen molar-refractivity contribution in [1.29, 1.82) is 0 Å². The predicted octanol–water partition coefficient (Wildman–Crippen LogP) is 3.11. The van der Waals surface area contributed by atoms with Gasteiger partial charge in [-0.15, -0.1) is 0 Å². The molecule has 0 saturated carbocycles. The summed E-state index contributed by atoms with van der Waals surface area (Å²) in [4.78, 5) is 13.2. The minimum absolute atomic E-state index is 0.162. The van der Waals surface area contributed by atoms with Crippen LogP contribution in [0.3, 0.4) is 0 Å². The monoisotopic (exact) mass is 281 g/mol. The van der Waals surface area contributed by atoms with Crippen molar-refractivity contribution in [3.63, 3.8) is 0 Å². The molecule has 21 heavy (non-hydrogen) atoms. The molecule has 2 aromatic rings. The molecule has 3 heteroatoms. The van der Waals surface area contributed by atoms with E-state index in [0.717, 1.165) is 13.0 Å². The van der Waals surface area contributed by atoms with E-state index in [1.165, 1.54) is 16.7 Å². The number of carboxylic acid groups (broad SMARTS) is 1. The summed E-state index contributed by atoms with van der Waals surface area (Å²) >= 11 is 0. The van der Waals surface area contributed by atoms with Crippen LogP contribution in [-0.2, 0) is 11.2 Å². The largest absolute Gasteiger partial charge is 0.481 e. The van der Waals surface area contributed by atoms with Crippen LogP contribution in [0.15, 0.2) is 54.6 Å². The van der Waals surface area contributed by atoms with Crippen molar-refractivity contribution in [1.82, 2.24) is 4.90 Å². The zero-order valence-electron chi connectivity index (χ0n) is 11.9. The lowest BCUT2D eigenvalue weighted by Crippen LogP contribution is -2.37. The maximum Gasteiger partial charge on any atom is 0.304 e. The summed E-state index contributed by atoms with van der Waals surface area (Å²) < 4.78 is 0. The molecule has 1 heterocycles. The average Bonchev–Trinajstić information content (AvgIpc) is 2.53.